The maximum absolute atomic E-state index is 9.24. The van der Waals surface area contributed by atoms with Gasteiger partial charge >= 0.3 is 23.9 Å². The molecule has 0 aromatic rings. The average Bonchev–Trinajstić information content (AvgIpc) is 2.40. The third kappa shape index (κ3) is 124. The zero-order chi connectivity index (χ0) is 17.1. The summed E-state index contributed by atoms with van der Waals surface area (Å²) in [5, 5.41) is 30.4. The van der Waals surface area contributed by atoms with Gasteiger partial charge in [-0.05, 0) is 0 Å². The molecule has 0 saturated carbocycles. The third-order valence-corrected chi connectivity index (χ3v) is 0.698. The molecule has 0 fully saturated rings. The van der Waals surface area contributed by atoms with Gasteiger partial charge in [-0.1, -0.05) is 0 Å². The predicted molar refractivity (Wildman–Crippen MR) is 66.8 cm³/mol. The Hall–Kier alpha value is -1.76. The number of carbonyl (C=O) groups is 4. The number of carboxylic acids is 4. The van der Waals surface area contributed by atoms with Crippen LogP contribution in [0.25, 0.3) is 0 Å². The molecule has 0 aromatic heterocycles. The maximum Gasteiger partial charge on any atom is 0.317 e. The number of carboxylic acid groups (broad SMARTS) is 4. The van der Waals surface area contributed by atoms with Crippen LogP contribution in [0.2, 0.25) is 0 Å². The van der Waals surface area contributed by atoms with Crippen LogP contribution < -0.4 is 22.9 Å². The van der Waals surface area contributed by atoms with Gasteiger partial charge in [-0.25, -0.2) is 0 Å². The summed E-state index contributed by atoms with van der Waals surface area (Å²) < 4.78 is 0. The predicted octanol–water partition coefficient (Wildman–Crippen LogP) is -3.88. The van der Waals surface area contributed by atoms with Crippen LogP contribution in [0.4, 0.5) is 0 Å². The van der Waals surface area contributed by atoms with Gasteiger partial charge in [0.2, 0.25) is 0 Å². The number of hydrogen-bond donors (Lipinski definition) is 8. The van der Waals surface area contributed by atoms with Gasteiger partial charge in [0.1, 0.15) is 0 Å². The van der Waals surface area contributed by atoms with E-state index in [2.05, 4.69) is 22.9 Å². The zero-order valence-electron chi connectivity index (χ0n) is 10.9. The minimum atomic E-state index is -0.968. The fourth-order valence-electron chi connectivity index (χ4n) is 0. The van der Waals surface area contributed by atoms with Crippen LogP contribution in [0.5, 0.6) is 0 Å². The molecule has 0 amide bonds. The molecule has 12 N–H and O–H groups in total. The normalized spacial score (nSPS) is 7.05. The van der Waals surface area contributed by atoms with Crippen LogP contribution in [-0.2, 0) is 36.2 Å². The summed E-state index contributed by atoms with van der Waals surface area (Å²) in [7, 11) is 0. The number of aliphatic carboxylic acids is 4. The van der Waals surface area contributed by atoms with E-state index >= 15 is 0 Å². The molecule has 128 valence electrons. The van der Waals surface area contributed by atoms with E-state index in [9.17, 15) is 19.2 Å². The van der Waals surface area contributed by atoms with E-state index in [1.807, 2.05) is 0 Å². The van der Waals surface area contributed by atoms with E-state index in [0.29, 0.717) is 0 Å². The molecule has 0 heterocycles. The van der Waals surface area contributed by atoms with Crippen molar-refractivity contribution in [3.8, 4) is 0 Å². The smallest absolute Gasteiger partial charge is 0.317 e. The van der Waals surface area contributed by atoms with Crippen LogP contribution in [0.1, 0.15) is 0 Å². The van der Waals surface area contributed by atoms with Crippen molar-refractivity contribution in [2.24, 2.45) is 22.9 Å². The average molecular weight is 356 g/mol. The van der Waals surface area contributed by atoms with Gasteiger partial charge in [-0.2, -0.15) is 0 Å². The standard InChI is InChI=1S/4C2H5NO2.Fe/c4*3-1-2(4)5;/h4*1,3H2,(H,4,5);. The molecule has 0 atom stereocenters. The SMILES string of the molecule is NCC(=O)O.NCC(=O)O.NCC(=O)O.NCC(=O)O.[Fe]. The van der Waals surface area contributed by atoms with E-state index in [0.717, 1.165) is 0 Å². The molecular formula is C8H20FeN4O8. The largest absolute Gasteiger partial charge is 0.480 e. The van der Waals surface area contributed by atoms with Crippen molar-refractivity contribution in [3.05, 3.63) is 0 Å². The van der Waals surface area contributed by atoms with Crippen molar-refractivity contribution < 1.29 is 56.7 Å². The van der Waals surface area contributed by atoms with E-state index < -0.39 is 23.9 Å². The quantitative estimate of drug-likeness (QED) is 0.225. The van der Waals surface area contributed by atoms with E-state index in [1.54, 1.807) is 0 Å². The molecule has 0 aliphatic heterocycles. The van der Waals surface area contributed by atoms with Crippen molar-refractivity contribution in [1.29, 1.82) is 0 Å². The van der Waals surface area contributed by atoms with Crippen molar-refractivity contribution in [2.75, 3.05) is 26.2 Å². The maximum atomic E-state index is 9.24. The summed E-state index contributed by atoms with van der Waals surface area (Å²) >= 11 is 0. The van der Waals surface area contributed by atoms with Crippen LogP contribution in [-0.4, -0.2) is 70.5 Å². The molecule has 12 nitrogen and oxygen atoms in total. The Labute approximate surface area is 130 Å². The Morgan fingerprint density at radius 1 is 0.524 bits per heavy atom. The van der Waals surface area contributed by atoms with Crippen molar-refractivity contribution in [3.63, 3.8) is 0 Å². The van der Waals surface area contributed by atoms with Gasteiger partial charge in [0.15, 0.2) is 0 Å². The third-order valence-electron chi connectivity index (χ3n) is 0.698. The van der Waals surface area contributed by atoms with Crippen LogP contribution >= 0.6 is 0 Å². The van der Waals surface area contributed by atoms with E-state index in [1.165, 1.54) is 0 Å². The molecule has 21 heavy (non-hydrogen) atoms. The second-order valence-corrected chi connectivity index (χ2v) is 2.39. The molecule has 0 spiro atoms. The topological polar surface area (TPSA) is 253 Å². The Balaban J connectivity index is -0.0000000533. The Kier molecular flexibility index (Phi) is 40.2. The number of hydrogen-bond acceptors (Lipinski definition) is 8. The van der Waals surface area contributed by atoms with Crippen molar-refractivity contribution in [2.45, 2.75) is 0 Å². The van der Waals surface area contributed by atoms with Gasteiger partial charge < -0.3 is 43.4 Å². The molecule has 0 bridgehead atoms. The fraction of sp³-hybridized carbons (Fsp3) is 0.500. The molecule has 0 unspecified atom stereocenters. The molecule has 0 aliphatic carbocycles. The monoisotopic (exact) mass is 356 g/mol. The van der Waals surface area contributed by atoms with E-state index in [-0.39, 0.29) is 43.2 Å². The Morgan fingerprint density at radius 2 is 0.571 bits per heavy atom. The fourth-order valence-corrected chi connectivity index (χ4v) is 0. The first kappa shape index (κ1) is 31.6. The first-order chi connectivity index (χ1) is 9.08. The summed E-state index contributed by atoms with van der Waals surface area (Å²) in [6.45, 7) is -1.11. The molecule has 0 saturated heterocycles. The Bertz CT molecular complexity index is 233. The first-order valence-corrected chi connectivity index (χ1v) is 4.76. The van der Waals surface area contributed by atoms with Gasteiger partial charge in [-0.3, -0.25) is 19.2 Å². The second-order valence-electron chi connectivity index (χ2n) is 2.39. The summed E-state index contributed by atoms with van der Waals surface area (Å²) in [5.74, 6) is -3.87. The number of nitrogens with two attached hydrogens (primary N) is 4. The summed E-state index contributed by atoms with van der Waals surface area (Å²) in [6.07, 6.45) is 0. The summed E-state index contributed by atoms with van der Waals surface area (Å²) in [4.78, 5) is 37.0. The van der Waals surface area contributed by atoms with Crippen LogP contribution in [0.15, 0.2) is 0 Å². The second kappa shape index (κ2) is 26.7. The Morgan fingerprint density at radius 3 is 0.571 bits per heavy atom. The van der Waals surface area contributed by atoms with Crippen LogP contribution in [0.3, 0.4) is 0 Å². The number of rotatable bonds is 4. The molecule has 0 aliphatic rings. The zero-order valence-corrected chi connectivity index (χ0v) is 12.0. The molecule has 0 radical (unpaired) electrons. The minimum absolute atomic E-state index is 0. The molecule has 0 rings (SSSR count). The van der Waals surface area contributed by atoms with Gasteiger partial charge in [-0.15, -0.1) is 0 Å². The molecular weight excluding hydrogens is 336 g/mol. The van der Waals surface area contributed by atoms with Gasteiger partial charge in [0.05, 0.1) is 26.2 Å². The summed E-state index contributed by atoms with van der Waals surface area (Å²) in [6, 6.07) is 0. The minimum Gasteiger partial charge on any atom is -0.480 e. The van der Waals surface area contributed by atoms with Crippen LogP contribution in [0, 0.1) is 0 Å². The first-order valence-electron chi connectivity index (χ1n) is 4.76. The summed E-state index contributed by atoms with van der Waals surface area (Å²) in [5.41, 5.74) is 18.3. The van der Waals surface area contributed by atoms with E-state index in [4.69, 9.17) is 20.4 Å². The van der Waals surface area contributed by atoms with Crippen molar-refractivity contribution in [1.82, 2.24) is 0 Å². The van der Waals surface area contributed by atoms with Crippen molar-refractivity contribution >= 4 is 23.9 Å². The molecule has 13 heteroatoms. The van der Waals surface area contributed by atoms with Gasteiger partial charge in [0.25, 0.3) is 0 Å². The van der Waals surface area contributed by atoms with Gasteiger partial charge in [0, 0.05) is 17.1 Å². The molecule has 0 aromatic carbocycles.